The summed E-state index contributed by atoms with van der Waals surface area (Å²) in [5, 5.41) is 2.91. The third kappa shape index (κ3) is 4.04. The van der Waals surface area contributed by atoms with Gasteiger partial charge in [-0.15, -0.1) is 0 Å². The van der Waals surface area contributed by atoms with Crippen LogP contribution >= 0.6 is 0 Å². The smallest absolute Gasteiger partial charge is 0.276 e. The second kappa shape index (κ2) is 7.87. The lowest BCUT2D eigenvalue weighted by Gasteiger charge is -2.29. The fourth-order valence-corrected chi connectivity index (χ4v) is 3.82. The topological polar surface area (TPSA) is 62.3 Å². The highest BCUT2D eigenvalue weighted by molar-refractivity contribution is 6.09. The number of hydrogen-bond acceptors (Lipinski definition) is 3. The molecule has 4 rings (SSSR count). The molecule has 1 N–H and O–H groups in total. The number of hydrogen-bond donors (Lipinski definition) is 1. The van der Waals surface area contributed by atoms with Gasteiger partial charge in [-0.3, -0.25) is 14.6 Å². The number of carbonyl (C=O) groups is 2. The molecule has 5 heteroatoms. The normalized spacial score (nSPS) is 13.0. The van der Waals surface area contributed by atoms with Crippen LogP contribution in [0, 0.1) is 13.8 Å². The van der Waals surface area contributed by atoms with Gasteiger partial charge in [0.1, 0.15) is 5.69 Å². The standard InChI is InChI=1S/C24H23N3O2/c1-16-12-17(2)14-20(13-16)26-23(28)19-9-10-25-21(15-19)24(29)27-11-5-7-18-6-3-4-8-22(18)27/h3-4,6,8-10,12-15H,5,7,11H2,1-2H3,(H,26,28). The molecule has 0 spiro atoms. The van der Waals surface area contributed by atoms with Crippen molar-refractivity contribution >= 4 is 23.2 Å². The highest BCUT2D eigenvalue weighted by Gasteiger charge is 2.24. The maximum Gasteiger partial charge on any atom is 0.276 e. The Balaban J connectivity index is 1.57. The summed E-state index contributed by atoms with van der Waals surface area (Å²) >= 11 is 0. The molecule has 0 unspecified atom stereocenters. The zero-order valence-corrected chi connectivity index (χ0v) is 16.6. The molecule has 0 saturated carbocycles. The molecule has 3 aromatic rings. The van der Waals surface area contributed by atoms with Crippen LogP contribution in [0.2, 0.25) is 0 Å². The minimum Gasteiger partial charge on any atom is -0.322 e. The van der Waals surface area contributed by atoms with E-state index in [0.29, 0.717) is 12.1 Å². The first-order valence-corrected chi connectivity index (χ1v) is 9.77. The average molecular weight is 385 g/mol. The Kier molecular flexibility index (Phi) is 5.12. The molecular formula is C24H23N3O2. The van der Waals surface area contributed by atoms with E-state index in [-0.39, 0.29) is 17.5 Å². The molecule has 29 heavy (non-hydrogen) atoms. The van der Waals surface area contributed by atoms with Gasteiger partial charge in [-0.25, -0.2) is 0 Å². The Hall–Kier alpha value is -3.47. The molecule has 0 aliphatic carbocycles. The maximum atomic E-state index is 13.1. The summed E-state index contributed by atoms with van der Waals surface area (Å²) in [6.07, 6.45) is 3.39. The predicted molar refractivity (Wildman–Crippen MR) is 115 cm³/mol. The number of anilines is 2. The molecule has 1 aliphatic heterocycles. The molecular weight excluding hydrogens is 362 g/mol. The second-order valence-electron chi connectivity index (χ2n) is 7.45. The number of amides is 2. The van der Waals surface area contributed by atoms with Crippen molar-refractivity contribution in [1.29, 1.82) is 0 Å². The minimum absolute atomic E-state index is 0.182. The fraction of sp³-hybridized carbons (Fsp3) is 0.208. The monoisotopic (exact) mass is 385 g/mol. The summed E-state index contributed by atoms with van der Waals surface area (Å²) in [7, 11) is 0. The zero-order valence-electron chi connectivity index (χ0n) is 16.6. The van der Waals surface area contributed by atoms with E-state index in [1.807, 2.05) is 44.2 Å². The van der Waals surface area contributed by atoms with Crippen molar-refractivity contribution in [2.45, 2.75) is 26.7 Å². The minimum atomic E-state index is -0.259. The first kappa shape index (κ1) is 18.9. The van der Waals surface area contributed by atoms with Crippen molar-refractivity contribution in [3.63, 3.8) is 0 Å². The number of aryl methyl sites for hydroxylation is 3. The zero-order chi connectivity index (χ0) is 20.4. The van der Waals surface area contributed by atoms with Crippen LogP contribution in [0.5, 0.6) is 0 Å². The van der Waals surface area contributed by atoms with Gasteiger partial charge in [0, 0.05) is 29.7 Å². The van der Waals surface area contributed by atoms with Gasteiger partial charge in [0.25, 0.3) is 11.8 Å². The van der Waals surface area contributed by atoms with Gasteiger partial charge in [0.2, 0.25) is 0 Å². The molecule has 2 heterocycles. The molecule has 0 radical (unpaired) electrons. The van der Waals surface area contributed by atoms with Gasteiger partial charge in [0.05, 0.1) is 0 Å². The molecule has 5 nitrogen and oxygen atoms in total. The predicted octanol–water partition coefficient (Wildman–Crippen LogP) is 4.54. The first-order valence-electron chi connectivity index (χ1n) is 9.77. The van der Waals surface area contributed by atoms with E-state index in [1.165, 1.54) is 6.20 Å². The molecule has 2 amide bonds. The van der Waals surface area contributed by atoms with Crippen LogP contribution in [0.3, 0.4) is 0 Å². The Morgan fingerprint density at radius 3 is 2.55 bits per heavy atom. The maximum absolute atomic E-state index is 13.1. The second-order valence-corrected chi connectivity index (χ2v) is 7.45. The molecule has 146 valence electrons. The summed E-state index contributed by atoms with van der Waals surface area (Å²) in [6, 6.07) is 17.0. The fourth-order valence-electron chi connectivity index (χ4n) is 3.82. The summed E-state index contributed by atoms with van der Waals surface area (Å²) in [5.74, 6) is -0.441. The highest BCUT2D eigenvalue weighted by atomic mass is 16.2. The van der Waals surface area contributed by atoms with Gasteiger partial charge in [-0.2, -0.15) is 0 Å². The van der Waals surface area contributed by atoms with Crippen molar-refractivity contribution in [3.8, 4) is 0 Å². The lowest BCUT2D eigenvalue weighted by molar-refractivity contribution is 0.0980. The largest absolute Gasteiger partial charge is 0.322 e. The van der Waals surface area contributed by atoms with E-state index >= 15 is 0 Å². The third-order valence-electron chi connectivity index (χ3n) is 5.08. The van der Waals surface area contributed by atoms with E-state index in [0.717, 1.165) is 40.9 Å². The van der Waals surface area contributed by atoms with Crippen molar-refractivity contribution in [1.82, 2.24) is 4.98 Å². The summed E-state index contributed by atoms with van der Waals surface area (Å²) in [5.41, 5.74) is 5.67. The number of nitrogens with zero attached hydrogens (tertiary/aromatic N) is 2. The molecule has 0 atom stereocenters. The molecule has 0 fully saturated rings. The van der Waals surface area contributed by atoms with E-state index in [2.05, 4.69) is 22.4 Å². The molecule has 1 aromatic heterocycles. The van der Waals surface area contributed by atoms with Crippen LogP contribution in [0.4, 0.5) is 11.4 Å². The Morgan fingerprint density at radius 2 is 1.76 bits per heavy atom. The number of fused-ring (bicyclic) bond motifs is 1. The van der Waals surface area contributed by atoms with Crippen molar-refractivity contribution < 1.29 is 9.59 Å². The van der Waals surface area contributed by atoms with Crippen molar-refractivity contribution in [2.75, 3.05) is 16.8 Å². The number of nitrogens with one attached hydrogen (secondary N) is 1. The van der Waals surface area contributed by atoms with Crippen LogP contribution in [0.25, 0.3) is 0 Å². The highest BCUT2D eigenvalue weighted by Crippen LogP contribution is 2.28. The van der Waals surface area contributed by atoms with E-state index in [4.69, 9.17) is 0 Å². The van der Waals surface area contributed by atoms with Gasteiger partial charge in [0.15, 0.2) is 0 Å². The first-order chi connectivity index (χ1) is 14.0. The Morgan fingerprint density at radius 1 is 1.00 bits per heavy atom. The Labute approximate surface area is 170 Å². The number of aromatic nitrogens is 1. The van der Waals surface area contributed by atoms with Crippen LogP contribution in [0.15, 0.2) is 60.8 Å². The average Bonchev–Trinajstić information content (AvgIpc) is 2.72. The molecule has 1 aliphatic rings. The number of carbonyl (C=O) groups excluding carboxylic acids is 2. The number of pyridine rings is 1. The number of para-hydroxylation sites is 1. The van der Waals surface area contributed by atoms with Gasteiger partial charge in [-0.1, -0.05) is 24.3 Å². The summed E-state index contributed by atoms with van der Waals surface area (Å²) in [6.45, 7) is 4.63. The van der Waals surface area contributed by atoms with E-state index in [1.54, 1.807) is 17.0 Å². The molecule has 0 bridgehead atoms. The van der Waals surface area contributed by atoms with Crippen LogP contribution in [-0.2, 0) is 6.42 Å². The van der Waals surface area contributed by atoms with Gasteiger partial charge >= 0.3 is 0 Å². The van der Waals surface area contributed by atoms with Crippen molar-refractivity contribution in [3.05, 3.63) is 88.7 Å². The van der Waals surface area contributed by atoms with Crippen LogP contribution in [-0.4, -0.2) is 23.3 Å². The van der Waals surface area contributed by atoms with Crippen molar-refractivity contribution in [2.24, 2.45) is 0 Å². The van der Waals surface area contributed by atoms with E-state index < -0.39 is 0 Å². The lowest BCUT2D eigenvalue weighted by atomic mass is 10.0. The number of rotatable bonds is 3. The molecule has 2 aromatic carbocycles. The Bertz CT molecular complexity index is 1070. The summed E-state index contributed by atoms with van der Waals surface area (Å²) < 4.78 is 0. The van der Waals surface area contributed by atoms with Gasteiger partial charge < -0.3 is 10.2 Å². The van der Waals surface area contributed by atoms with Gasteiger partial charge in [-0.05, 0) is 73.7 Å². The molecule has 0 saturated heterocycles. The quantitative estimate of drug-likeness (QED) is 0.720. The van der Waals surface area contributed by atoms with Crippen LogP contribution < -0.4 is 10.2 Å². The van der Waals surface area contributed by atoms with Crippen LogP contribution in [0.1, 0.15) is 44.0 Å². The summed E-state index contributed by atoms with van der Waals surface area (Å²) in [4.78, 5) is 31.8. The third-order valence-corrected chi connectivity index (χ3v) is 5.08. The lowest BCUT2D eigenvalue weighted by Crippen LogP contribution is -2.36. The SMILES string of the molecule is Cc1cc(C)cc(NC(=O)c2ccnc(C(=O)N3CCCc4ccccc43)c2)c1. The van der Waals surface area contributed by atoms with E-state index in [9.17, 15) is 9.59 Å². The number of benzene rings is 2.